The predicted octanol–water partition coefficient (Wildman–Crippen LogP) is 4.48. The molecule has 0 radical (unpaired) electrons. The summed E-state index contributed by atoms with van der Waals surface area (Å²) in [4.78, 5) is 2.50. The summed E-state index contributed by atoms with van der Waals surface area (Å²) in [5, 5.41) is 3.82. The van der Waals surface area contributed by atoms with Crippen molar-refractivity contribution in [3.8, 4) is 0 Å². The standard InChI is InChI=1S/C19H34N2/c1-6-21(7-2)15-11-12-17(5)20-19(16(3)4)18-13-9-8-10-14-18/h8-10,13-14,16-17,19-20H,6-7,11-12,15H2,1-5H3. The number of nitrogens with zero attached hydrogens (tertiary/aromatic N) is 1. The first-order valence-corrected chi connectivity index (χ1v) is 8.61. The molecule has 21 heavy (non-hydrogen) atoms. The summed E-state index contributed by atoms with van der Waals surface area (Å²) in [5.41, 5.74) is 1.41. The second-order valence-corrected chi connectivity index (χ2v) is 6.37. The van der Waals surface area contributed by atoms with Gasteiger partial charge in [-0.05, 0) is 50.9 Å². The van der Waals surface area contributed by atoms with Gasteiger partial charge < -0.3 is 10.2 Å². The van der Waals surface area contributed by atoms with Crippen LogP contribution in [-0.4, -0.2) is 30.6 Å². The average Bonchev–Trinajstić information content (AvgIpc) is 2.50. The zero-order valence-electron chi connectivity index (χ0n) is 14.6. The molecule has 0 aliphatic rings. The molecule has 0 aliphatic carbocycles. The number of hydrogen-bond acceptors (Lipinski definition) is 2. The quantitative estimate of drug-likeness (QED) is 0.683. The van der Waals surface area contributed by atoms with Crippen molar-refractivity contribution in [3.63, 3.8) is 0 Å². The van der Waals surface area contributed by atoms with Crippen molar-refractivity contribution < 1.29 is 0 Å². The molecule has 0 heterocycles. The molecule has 0 fully saturated rings. The summed E-state index contributed by atoms with van der Waals surface area (Å²) in [6, 6.07) is 11.9. The van der Waals surface area contributed by atoms with Crippen molar-refractivity contribution in [3.05, 3.63) is 35.9 Å². The van der Waals surface area contributed by atoms with E-state index in [1.165, 1.54) is 24.9 Å². The van der Waals surface area contributed by atoms with Crippen LogP contribution >= 0.6 is 0 Å². The molecular formula is C19H34N2. The Morgan fingerprint density at radius 3 is 2.14 bits per heavy atom. The van der Waals surface area contributed by atoms with Gasteiger partial charge in [0.1, 0.15) is 0 Å². The molecule has 1 aromatic rings. The lowest BCUT2D eigenvalue weighted by molar-refractivity contribution is 0.283. The minimum Gasteiger partial charge on any atom is -0.307 e. The van der Waals surface area contributed by atoms with Crippen LogP contribution in [0.5, 0.6) is 0 Å². The van der Waals surface area contributed by atoms with Crippen molar-refractivity contribution in [1.29, 1.82) is 0 Å². The van der Waals surface area contributed by atoms with Gasteiger partial charge in [0.05, 0.1) is 0 Å². The first kappa shape index (κ1) is 18.2. The van der Waals surface area contributed by atoms with Gasteiger partial charge in [-0.3, -0.25) is 0 Å². The minimum atomic E-state index is 0.453. The van der Waals surface area contributed by atoms with E-state index in [0.717, 1.165) is 13.1 Å². The molecule has 1 N–H and O–H groups in total. The molecule has 2 unspecified atom stereocenters. The highest BCUT2D eigenvalue weighted by molar-refractivity contribution is 5.19. The van der Waals surface area contributed by atoms with Crippen LogP contribution in [-0.2, 0) is 0 Å². The summed E-state index contributed by atoms with van der Waals surface area (Å²) in [6.07, 6.45) is 2.52. The molecule has 0 spiro atoms. The van der Waals surface area contributed by atoms with Crippen molar-refractivity contribution in [1.82, 2.24) is 10.2 Å². The van der Waals surface area contributed by atoms with Crippen LogP contribution in [0.3, 0.4) is 0 Å². The van der Waals surface area contributed by atoms with Gasteiger partial charge in [0.15, 0.2) is 0 Å². The zero-order valence-corrected chi connectivity index (χ0v) is 14.6. The maximum Gasteiger partial charge on any atom is 0.0345 e. The van der Waals surface area contributed by atoms with Gasteiger partial charge in [-0.2, -0.15) is 0 Å². The van der Waals surface area contributed by atoms with Crippen LogP contribution in [0.15, 0.2) is 30.3 Å². The van der Waals surface area contributed by atoms with Crippen LogP contribution in [0.1, 0.15) is 59.1 Å². The number of benzene rings is 1. The van der Waals surface area contributed by atoms with Crippen molar-refractivity contribution in [2.45, 2.75) is 59.5 Å². The summed E-state index contributed by atoms with van der Waals surface area (Å²) in [7, 11) is 0. The van der Waals surface area contributed by atoms with Crippen molar-refractivity contribution in [2.75, 3.05) is 19.6 Å². The van der Waals surface area contributed by atoms with Gasteiger partial charge in [0.25, 0.3) is 0 Å². The molecule has 0 saturated carbocycles. The largest absolute Gasteiger partial charge is 0.307 e. The van der Waals surface area contributed by atoms with Crippen LogP contribution in [0.25, 0.3) is 0 Å². The lowest BCUT2D eigenvalue weighted by Crippen LogP contribution is -2.34. The molecule has 0 bridgehead atoms. The average molecular weight is 290 g/mol. The van der Waals surface area contributed by atoms with E-state index in [9.17, 15) is 0 Å². The fourth-order valence-corrected chi connectivity index (χ4v) is 2.88. The van der Waals surface area contributed by atoms with E-state index in [0.29, 0.717) is 18.0 Å². The third kappa shape index (κ3) is 6.62. The lowest BCUT2D eigenvalue weighted by Gasteiger charge is -2.27. The summed E-state index contributed by atoms with van der Waals surface area (Å²) < 4.78 is 0. The third-order valence-corrected chi connectivity index (χ3v) is 4.30. The SMILES string of the molecule is CCN(CC)CCCC(C)NC(c1ccccc1)C(C)C. The molecule has 2 atom stereocenters. The van der Waals surface area contributed by atoms with E-state index >= 15 is 0 Å². The second kappa shape index (κ2) is 9.97. The molecule has 0 aromatic heterocycles. The Kier molecular flexibility index (Phi) is 8.63. The van der Waals surface area contributed by atoms with Gasteiger partial charge in [0.2, 0.25) is 0 Å². The van der Waals surface area contributed by atoms with E-state index in [1.807, 2.05) is 0 Å². The fourth-order valence-electron chi connectivity index (χ4n) is 2.88. The Bertz CT molecular complexity index is 357. The van der Waals surface area contributed by atoms with Crippen LogP contribution < -0.4 is 5.32 Å². The Hall–Kier alpha value is -0.860. The van der Waals surface area contributed by atoms with E-state index in [-0.39, 0.29) is 0 Å². The molecular weight excluding hydrogens is 256 g/mol. The van der Waals surface area contributed by atoms with Crippen LogP contribution in [0.2, 0.25) is 0 Å². The fraction of sp³-hybridized carbons (Fsp3) is 0.684. The molecule has 1 rings (SSSR count). The summed E-state index contributed by atoms with van der Waals surface area (Å²) >= 11 is 0. The third-order valence-electron chi connectivity index (χ3n) is 4.30. The Morgan fingerprint density at radius 1 is 1.00 bits per heavy atom. The maximum atomic E-state index is 3.82. The first-order chi connectivity index (χ1) is 10.1. The highest BCUT2D eigenvalue weighted by atomic mass is 15.1. The smallest absolute Gasteiger partial charge is 0.0345 e. The summed E-state index contributed by atoms with van der Waals surface area (Å²) in [6.45, 7) is 15.0. The Labute approximate surface area is 131 Å². The molecule has 2 heteroatoms. The maximum absolute atomic E-state index is 3.82. The molecule has 2 nitrogen and oxygen atoms in total. The monoisotopic (exact) mass is 290 g/mol. The Balaban J connectivity index is 2.45. The predicted molar refractivity (Wildman–Crippen MR) is 93.6 cm³/mol. The van der Waals surface area contributed by atoms with E-state index in [4.69, 9.17) is 0 Å². The molecule has 120 valence electrons. The molecule has 1 aromatic carbocycles. The van der Waals surface area contributed by atoms with Crippen LogP contribution in [0.4, 0.5) is 0 Å². The van der Waals surface area contributed by atoms with Gasteiger partial charge in [-0.1, -0.05) is 58.0 Å². The van der Waals surface area contributed by atoms with E-state index in [1.54, 1.807) is 0 Å². The second-order valence-electron chi connectivity index (χ2n) is 6.37. The molecule has 0 saturated heterocycles. The molecule has 0 aliphatic heterocycles. The van der Waals surface area contributed by atoms with E-state index in [2.05, 4.69) is 75.2 Å². The summed E-state index contributed by atoms with van der Waals surface area (Å²) in [5.74, 6) is 0.609. The Morgan fingerprint density at radius 2 is 1.62 bits per heavy atom. The van der Waals surface area contributed by atoms with Gasteiger partial charge in [-0.25, -0.2) is 0 Å². The zero-order chi connectivity index (χ0) is 15.7. The minimum absolute atomic E-state index is 0.453. The van der Waals surface area contributed by atoms with Gasteiger partial charge in [-0.15, -0.1) is 0 Å². The number of nitrogens with one attached hydrogen (secondary N) is 1. The topological polar surface area (TPSA) is 15.3 Å². The van der Waals surface area contributed by atoms with Gasteiger partial charge in [0, 0.05) is 12.1 Å². The highest BCUT2D eigenvalue weighted by Crippen LogP contribution is 2.22. The number of rotatable bonds is 10. The normalized spacial score (nSPS) is 14.6. The van der Waals surface area contributed by atoms with E-state index < -0.39 is 0 Å². The van der Waals surface area contributed by atoms with Crippen LogP contribution in [0, 0.1) is 5.92 Å². The highest BCUT2D eigenvalue weighted by Gasteiger charge is 2.17. The molecule has 0 amide bonds. The van der Waals surface area contributed by atoms with Gasteiger partial charge >= 0.3 is 0 Å². The lowest BCUT2D eigenvalue weighted by atomic mass is 9.95. The van der Waals surface area contributed by atoms with Crippen molar-refractivity contribution >= 4 is 0 Å². The first-order valence-electron chi connectivity index (χ1n) is 8.61. The van der Waals surface area contributed by atoms with Crippen molar-refractivity contribution in [2.24, 2.45) is 5.92 Å². The number of hydrogen-bond donors (Lipinski definition) is 1.